The van der Waals surface area contributed by atoms with E-state index in [2.05, 4.69) is 31.9 Å². The van der Waals surface area contributed by atoms with E-state index in [4.69, 9.17) is 20.6 Å². The lowest BCUT2D eigenvalue weighted by atomic mass is 9.85. The number of esters is 1. The van der Waals surface area contributed by atoms with Gasteiger partial charge < -0.3 is 35.1 Å². The molecule has 17 nitrogen and oxygen atoms in total. The van der Waals surface area contributed by atoms with Gasteiger partial charge >= 0.3 is 12.1 Å². The van der Waals surface area contributed by atoms with Crippen LogP contribution in [0.25, 0.3) is 21.2 Å². The lowest BCUT2D eigenvalue weighted by molar-refractivity contribution is -0.146. The molecular formula is C46H58N8O9. The Labute approximate surface area is 368 Å². The van der Waals surface area contributed by atoms with Gasteiger partial charge in [-0.25, -0.2) is 9.59 Å². The van der Waals surface area contributed by atoms with Crippen molar-refractivity contribution in [1.29, 1.82) is 0 Å². The molecule has 6 atom stereocenters. The summed E-state index contributed by atoms with van der Waals surface area (Å²) in [4.78, 5) is 88.3. The molecule has 1 aliphatic heterocycles. The Balaban J connectivity index is 1.64. The molecule has 3 aromatic rings. The van der Waals surface area contributed by atoms with Crippen molar-refractivity contribution in [2.45, 2.75) is 110 Å². The van der Waals surface area contributed by atoms with Gasteiger partial charge in [-0.3, -0.25) is 24.1 Å². The summed E-state index contributed by atoms with van der Waals surface area (Å²) in [6.07, 6.45) is 4.50. The van der Waals surface area contributed by atoms with Crippen molar-refractivity contribution in [3.8, 4) is 18.1 Å². The summed E-state index contributed by atoms with van der Waals surface area (Å²) in [7, 11) is 2.61. The van der Waals surface area contributed by atoms with Crippen molar-refractivity contribution in [2.24, 2.45) is 10.5 Å². The van der Waals surface area contributed by atoms with Gasteiger partial charge in [0, 0.05) is 31.3 Å². The first kappa shape index (κ1) is 48.9. The molecule has 1 heterocycles. The molecule has 17 heteroatoms. The Bertz CT molecular complexity index is 2240. The number of azide groups is 1. The molecule has 5 amide bonds. The zero-order chi connectivity index (χ0) is 46.6. The fourth-order valence-corrected chi connectivity index (χ4v) is 6.98. The Morgan fingerprint density at radius 3 is 2.14 bits per heavy atom. The highest BCUT2D eigenvalue weighted by atomic mass is 16.6. The van der Waals surface area contributed by atoms with Crippen molar-refractivity contribution in [1.82, 2.24) is 25.8 Å². The van der Waals surface area contributed by atoms with Crippen LogP contribution < -0.4 is 20.7 Å². The molecule has 0 bridgehead atoms. The van der Waals surface area contributed by atoms with Gasteiger partial charge in [0.15, 0.2) is 0 Å². The summed E-state index contributed by atoms with van der Waals surface area (Å²) in [5.74, 6) is -0.531. The SMILES string of the molecule is C#CCOc1ccc(C[C@H](NC(=O)[C@H](Cc2ccc3ccccc3c2)NC(=O)[C@@H]2C[C@H](N=[N+]=[N-])CN2C(=O)[C@@H](NC(=O)[C@H](C)N(C)C(=O)OC(C)(C)C)C(C)(C)C)C(=O)OC)cc1. The van der Waals surface area contributed by atoms with Gasteiger partial charge in [-0.1, -0.05) is 86.4 Å². The summed E-state index contributed by atoms with van der Waals surface area (Å²) in [5, 5.41) is 14.1. The van der Waals surface area contributed by atoms with Crippen molar-refractivity contribution < 1.29 is 43.0 Å². The maximum Gasteiger partial charge on any atom is 0.410 e. The van der Waals surface area contributed by atoms with Crippen LogP contribution in [-0.2, 0) is 46.3 Å². The first-order valence-electron chi connectivity index (χ1n) is 20.6. The van der Waals surface area contributed by atoms with Crippen LogP contribution in [0, 0.1) is 17.8 Å². The first-order chi connectivity index (χ1) is 29.6. The van der Waals surface area contributed by atoms with Crippen LogP contribution in [0.4, 0.5) is 4.79 Å². The fourth-order valence-electron chi connectivity index (χ4n) is 6.98. The van der Waals surface area contributed by atoms with Crippen molar-refractivity contribution >= 4 is 46.5 Å². The summed E-state index contributed by atoms with van der Waals surface area (Å²) in [6, 6.07) is 13.3. The number of likely N-dealkylation sites (tertiary alicyclic amines) is 1. The van der Waals surface area contributed by atoms with Crippen LogP contribution in [0.1, 0.15) is 66.0 Å². The van der Waals surface area contributed by atoms with Crippen LogP contribution in [0.2, 0.25) is 0 Å². The van der Waals surface area contributed by atoms with E-state index in [-0.39, 0.29) is 32.4 Å². The maximum atomic E-state index is 14.6. The molecule has 4 rings (SSSR count). The van der Waals surface area contributed by atoms with Gasteiger partial charge in [-0.15, -0.1) is 6.42 Å². The van der Waals surface area contributed by atoms with Gasteiger partial charge in [-0.2, -0.15) is 0 Å². The van der Waals surface area contributed by atoms with Crippen LogP contribution in [-0.4, -0.2) is 115 Å². The minimum absolute atomic E-state index is 0.0122. The zero-order valence-electron chi connectivity index (χ0n) is 37.3. The lowest BCUT2D eigenvalue weighted by Crippen LogP contribution is -2.61. The minimum Gasteiger partial charge on any atom is -0.481 e. The third-order valence-corrected chi connectivity index (χ3v) is 10.5. The highest BCUT2D eigenvalue weighted by Gasteiger charge is 2.46. The summed E-state index contributed by atoms with van der Waals surface area (Å²) in [5.41, 5.74) is 9.01. The second kappa shape index (κ2) is 21.3. The predicted molar refractivity (Wildman–Crippen MR) is 236 cm³/mol. The summed E-state index contributed by atoms with van der Waals surface area (Å²) < 4.78 is 15.9. The number of fused-ring (bicyclic) bond motifs is 1. The van der Waals surface area contributed by atoms with Crippen LogP contribution in [0.5, 0.6) is 5.75 Å². The first-order valence-corrected chi connectivity index (χ1v) is 20.6. The minimum atomic E-state index is -1.27. The van der Waals surface area contributed by atoms with E-state index in [0.717, 1.165) is 15.7 Å². The van der Waals surface area contributed by atoms with Crippen LogP contribution in [0.3, 0.4) is 0 Å². The number of nitrogens with zero attached hydrogens (tertiary/aromatic N) is 5. The number of rotatable bonds is 16. The summed E-state index contributed by atoms with van der Waals surface area (Å²) in [6.45, 7) is 11.7. The molecule has 0 saturated carbocycles. The molecule has 1 saturated heterocycles. The monoisotopic (exact) mass is 866 g/mol. The quantitative estimate of drug-likeness (QED) is 0.0588. The van der Waals surface area contributed by atoms with E-state index in [1.54, 1.807) is 65.8 Å². The van der Waals surface area contributed by atoms with E-state index in [1.165, 1.54) is 26.0 Å². The molecule has 1 aliphatic rings. The summed E-state index contributed by atoms with van der Waals surface area (Å²) >= 11 is 0. The maximum absolute atomic E-state index is 14.6. The number of carbonyl (C=O) groups excluding carboxylic acids is 6. The van der Waals surface area contributed by atoms with Gasteiger partial charge in [-0.05, 0) is 79.1 Å². The molecule has 336 valence electrons. The molecule has 3 aromatic carbocycles. The van der Waals surface area contributed by atoms with E-state index < -0.39 is 83.0 Å². The average molecular weight is 867 g/mol. The number of hydrogen-bond donors (Lipinski definition) is 3. The highest BCUT2D eigenvalue weighted by Crippen LogP contribution is 2.28. The number of amides is 5. The standard InChI is InChI=1S/C46H58N8O9/c1-11-22-62-34-20-17-29(18-21-34)24-36(43(59)61-10)49-40(56)35(25-30-16-19-31-14-12-13-15-32(31)23-30)48-41(57)37-26-33(51-52-47)27-54(37)42(58)38(45(3,4)5)50-39(55)28(2)53(9)44(60)63-46(6,7)8/h1,12-21,23,28,33,35-38H,22,24-27H2,2-10H3,(H,48,57)(H,49,56)(H,50,55)/t28-,33-,35-,36-,37-,38+/m0/s1. The third-order valence-electron chi connectivity index (χ3n) is 10.5. The smallest absolute Gasteiger partial charge is 0.410 e. The molecule has 63 heavy (non-hydrogen) atoms. The van der Waals surface area contributed by atoms with E-state index in [0.29, 0.717) is 16.9 Å². The molecule has 1 fully saturated rings. The number of nitrogens with one attached hydrogen (secondary N) is 3. The van der Waals surface area contributed by atoms with Crippen molar-refractivity contribution in [3.63, 3.8) is 0 Å². The van der Waals surface area contributed by atoms with Gasteiger partial charge in [0.25, 0.3) is 0 Å². The number of hydrogen-bond acceptors (Lipinski definition) is 10. The second-order valence-corrected chi connectivity index (χ2v) is 17.5. The number of carbonyl (C=O) groups is 6. The Hall–Kier alpha value is -6.79. The van der Waals surface area contributed by atoms with E-state index >= 15 is 0 Å². The molecule has 0 spiro atoms. The molecule has 3 N–H and O–H groups in total. The molecular weight excluding hydrogens is 809 g/mol. The molecule has 0 aliphatic carbocycles. The highest BCUT2D eigenvalue weighted by molar-refractivity contribution is 5.97. The van der Waals surface area contributed by atoms with E-state index in [9.17, 15) is 34.3 Å². The molecule has 0 radical (unpaired) electrons. The average Bonchev–Trinajstić information content (AvgIpc) is 3.66. The van der Waals surface area contributed by atoms with Crippen molar-refractivity contribution in [3.05, 3.63) is 88.3 Å². The molecule has 0 unspecified atom stereocenters. The topological polar surface area (TPSA) is 221 Å². The van der Waals surface area contributed by atoms with E-state index in [1.807, 2.05) is 42.5 Å². The number of benzene rings is 3. The normalized spacial score (nSPS) is 16.8. The zero-order valence-corrected chi connectivity index (χ0v) is 37.3. The Morgan fingerprint density at radius 1 is 0.905 bits per heavy atom. The van der Waals surface area contributed by atoms with Gasteiger partial charge in [0.1, 0.15) is 48.2 Å². The largest absolute Gasteiger partial charge is 0.481 e. The molecule has 0 aromatic heterocycles. The van der Waals surface area contributed by atoms with Crippen LogP contribution in [0.15, 0.2) is 71.8 Å². The van der Waals surface area contributed by atoms with Gasteiger partial charge in [0.05, 0.1) is 13.2 Å². The number of methoxy groups -OCH3 is 1. The Kier molecular flexibility index (Phi) is 16.5. The number of ether oxygens (including phenoxy) is 3. The van der Waals surface area contributed by atoms with Crippen molar-refractivity contribution in [2.75, 3.05) is 27.3 Å². The number of terminal acetylenes is 1. The third kappa shape index (κ3) is 13.6. The fraction of sp³-hybridized carbons (Fsp3) is 0.478. The predicted octanol–water partition coefficient (Wildman–Crippen LogP) is 4.85. The number of likely N-dealkylation sites (N-methyl/N-ethyl adjacent to an activating group) is 1. The van der Waals surface area contributed by atoms with Crippen LogP contribution >= 0.6 is 0 Å². The lowest BCUT2D eigenvalue weighted by Gasteiger charge is -2.37. The van der Waals surface area contributed by atoms with Gasteiger partial charge in [0.2, 0.25) is 23.6 Å². The Morgan fingerprint density at radius 2 is 1.54 bits per heavy atom. The second-order valence-electron chi connectivity index (χ2n) is 17.5.